The SMILES string of the molecule is CC(=O)Nc1nccc(NCC(=O)N(C)C)c1C=N. The third-order valence-electron chi connectivity index (χ3n) is 2.36. The molecule has 0 aliphatic rings. The molecule has 2 amide bonds. The Morgan fingerprint density at radius 2 is 2.16 bits per heavy atom. The molecule has 7 heteroatoms. The molecule has 0 bridgehead atoms. The van der Waals surface area contributed by atoms with E-state index in [0.29, 0.717) is 17.1 Å². The van der Waals surface area contributed by atoms with E-state index >= 15 is 0 Å². The van der Waals surface area contributed by atoms with Crippen molar-refractivity contribution in [3.05, 3.63) is 17.8 Å². The summed E-state index contributed by atoms with van der Waals surface area (Å²) in [5.41, 5.74) is 1.01. The first kappa shape index (κ1) is 14.6. The molecule has 0 aliphatic heterocycles. The van der Waals surface area contributed by atoms with Crippen molar-refractivity contribution in [1.29, 1.82) is 5.41 Å². The van der Waals surface area contributed by atoms with E-state index in [1.807, 2.05) is 0 Å². The Morgan fingerprint density at radius 1 is 1.47 bits per heavy atom. The summed E-state index contributed by atoms with van der Waals surface area (Å²) >= 11 is 0. The summed E-state index contributed by atoms with van der Waals surface area (Å²) in [6.07, 6.45) is 2.58. The van der Waals surface area contributed by atoms with Crippen LogP contribution < -0.4 is 10.6 Å². The molecule has 0 saturated heterocycles. The number of rotatable bonds is 5. The molecular formula is C12H17N5O2. The first-order valence-electron chi connectivity index (χ1n) is 5.66. The molecule has 1 aromatic rings. The summed E-state index contributed by atoms with van der Waals surface area (Å²) in [5.74, 6) is -0.0595. The number of nitrogens with zero attached hydrogens (tertiary/aromatic N) is 2. The quantitative estimate of drug-likeness (QED) is 0.675. The zero-order valence-electron chi connectivity index (χ0n) is 11.2. The summed E-state index contributed by atoms with van der Waals surface area (Å²) < 4.78 is 0. The van der Waals surface area contributed by atoms with Gasteiger partial charge in [-0.25, -0.2) is 4.98 Å². The summed E-state index contributed by atoms with van der Waals surface area (Å²) in [7, 11) is 3.33. The molecule has 0 spiro atoms. The second-order valence-electron chi connectivity index (χ2n) is 4.09. The monoisotopic (exact) mass is 263 g/mol. The Hall–Kier alpha value is -2.44. The molecule has 7 nitrogen and oxygen atoms in total. The van der Waals surface area contributed by atoms with E-state index in [1.54, 1.807) is 20.2 Å². The van der Waals surface area contributed by atoms with Gasteiger partial charge in [0.2, 0.25) is 11.8 Å². The molecular weight excluding hydrogens is 246 g/mol. The summed E-state index contributed by atoms with van der Waals surface area (Å²) in [4.78, 5) is 28.0. The van der Waals surface area contributed by atoms with E-state index < -0.39 is 0 Å². The zero-order valence-corrected chi connectivity index (χ0v) is 11.2. The topological polar surface area (TPSA) is 98.2 Å². The van der Waals surface area contributed by atoms with Crippen molar-refractivity contribution < 1.29 is 9.59 Å². The van der Waals surface area contributed by atoms with Crippen molar-refractivity contribution >= 4 is 29.5 Å². The van der Waals surface area contributed by atoms with Crippen molar-refractivity contribution in [3.63, 3.8) is 0 Å². The molecule has 3 N–H and O–H groups in total. The lowest BCUT2D eigenvalue weighted by atomic mass is 10.2. The fourth-order valence-electron chi connectivity index (χ4n) is 1.37. The van der Waals surface area contributed by atoms with Gasteiger partial charge >= 0.3 is 0 Å². The van der Waals surface area contributed by atoms with Crippen LogP contribution >= 0.6 is 0 Å². The van der Waals surface area contributed by atoms with E-state index in [4.69, 9.17) is 5.41 Å². The standard InChI is InChI=1S/C12H17N5O2/c1-8(18)16-12-9(6-13)10(4-5-14-12)15-7-11(19)17(2)3/h4-6,13H,7H2,1-3H3,(H2,14,15,16,18). The molecule has 1 heterocycles. The smallest absolute Gasteiger partial charge is 0.241 e. The fraction of sp³-hybridized carbons (Fsp3) is 0.333. The number of likely N-dealkylation sites (N-methyl/N-ethyl adjacent to an activating group) is 1. The van der Waals surface area contributed by atoms with Crippen LogP contribution in [-0.4, -0.2) is 48.6 Å². The average Bonchev–Trinajstić information content (AvgIpc) is 2.35. The molecule has 1 rings (SSSR count). The highest BCUT2D eigenvalue weighted by Crippen LogP contribution is 2.19. The van der Waals surface area contributed by atoms with Crippen LogP contribution in [0.1, 0.15) is 12.5 Å². The first-order chi connectivity index (χ1) is 8.95. The van der Waals surface area contributed by atoms with Gasteiger partial charge in [-0.05, 0) is 6.07 Å². The lowest BCUT2D eigenvalue weighted by Gasteiger charge is -2.14. The van der Waals surface area contributed by atoms with Crippen molar-refractivity contribution in [2.45, 2.75) is 6.92 Å². The predicted molar refractivity (Wildman–Crippen MR) is 73.6 cm³/mol. The van der Waals surface area contributed by atoms with Crippen molar-refractivity contribution in [2.75, 3.05) is 31.3 Å². The number of aromatic nitrogens is 1. The zero-order chi connectivity index (χ0) is 14.4. The number of carbonyl (C=O) groups is 2. The van der Waals surface area contributed by atoms with Crippen LogP contribution in [0.4, 0.5) is 11.5 Å². The Bertz CT molecular complexity index is 499. The number of hydrogen-bond acceptors (Lipinski definition) is 5. The van der Waals surface area contributed by atoms with Gasteiger partial charge in [0, 0.05) is 39.1 Å². The number of carbonyl (C=O) groups excluding carboxylic acids is 2. The molecule has 0 aromatic carbocycles. The maximum absolute atomic E-state index is 11.5. The maximum atomic E-state index is 11.5. The van der Waals surface area contributed by atoms with Gasteiger partial charge in [0.25, 0.3) is 0 Å². The van der Waals surface area contributed by atoms with Crippen molar-refractivity contribution in [2.24, 2.45) is 0 Å². The van der Waals surface area contributed by atoms with E-state index in [0.717, 1.165) is 6.21 Å². The predicted octanol–water partition coefficient (Wildman–Crippen LogP) is 0.538. The third kappa shape index (κ3) is 4.06. The highest BCUT2D eigenvalue weighted by Gasteiger charge is 2.10. The molecule has 1 aromatic heterocycles. The molecule has 0 unspecified atom stereocenters. The number of hydrogen-bond donors (Lipinski definition) is 3. The number of amides is 2. The van der Waals surface area contributed by atoms with Crippen LogP contribution in [-0.2, 0) is 9.59 Å². The Morgan fingerprint density at radius 3 is 2.68 bits per heavy atom. The number of pyridine rings is 1. The van der Waals surface area contributed by atoms with Crippen LogP contribution in [0, 0.1) is 5.41 Å². The van der Waals surface area contributed by atoms with Crippen molar-refractivity contribution in [1.82, 2.24) is 9.88 Å². The minimum atomic E-state index is -0.267. The fourth-order valence-corrected chi connectivity index (χ4v) is 1.37. The molecule has 0 fully saturated rings. The second kappa shape index (κ2) is 6.48. The minimum Gasteiger partial charge on any atom is -0.375 e. The highest BCUT2D eigenvalue weighted by atomic mass is 16.2. The van der Waals surface area contributed by atoms with Crippen molar-refractivity contribution in [3.8, 4) is 0 Å². The van der Waals surface area contributed by atoms with E-state index in [-0.39, 0.29) is 18.4 Å². The van der Waals surface area contributed by atoms with E-state index in [9.17, 15) is 9.59 Å². The molecule has 0 atom stereocenters. The van der Waals surface area contributed by atoms with Gasteiger partial charge in [0.1, 0.15) is 5.82 Å². The van der Waals surface area contributed by atoms with Gasteiger partial charge in [0.05, 0.1) is 12.1 Å². The van der Waals surface area contributed by atoms with Gasteiger partial charge in [0.15, 0.2) is 0 Å². The highest BCUT2D eigenvalue weighted by molar-refractivity contribution is 5.98. The van der Waals surface area contributed by atoms with Gasteiger partial charge in [-0.2, -0.15) is 0 Å². The number of nitrogens with one attached hydrogen (secondary N) is 3. The molecule has 0 radical (unpaired) electrons. The first-order valence-corrected chi connectivity index (χ1v) is 5.66. The number of anilines is 2. The summed E-state index contributed by atoms with van der Waals surface area (Å²) in [6.45, 7) is 1.47. The lowest BCUT2D eigenvalue weighted by molar-refractivity contribution is -0.126. The molecule has 102 valence electrons. The van der Waals surface area contributed by atoms with Crippen LogP contribution in [0.5, 0.6) is 0 Å². The van der Waals surface area contributed by atoms with Crippen LogP contribution in [0.2, 0.25) is 0 Å². The van der Waals surface area contributed by atoms with Gasteiger partial charge < -0.3 is 20.9 Å². The normalized spacial score (nSPS) is 9.63. The largest absolute Gasteiger partial charge is 0.375 e. The van der Waals surface area contributed by atoms with Crippen LogP contribution in [0.15, 0.2) is 12.3 Å². The molecule has 0 saturated carbocycles. The lowest BCUT2D eigenvalue weighted by Crippen LogP contribution is -2.29. The molecule has 0 aliphatic carbocycles. The van der Waals surface area contributed by atoms with Gasteiger partial charge in [-0.15, -0.1) is 0 Å². The molecule has 19 heavy (non-hydrogen) atoms. The van der Waals surface area contributed by atoms with Crippen LogP contribution in [0.3, 0.4) is 0 Å². The minimum absolute atomic E-state index is 0.0891. The Balaban J connectivity index is 2.91. The van der Waals surface area contributed by atoms with Gasteiger partial charge in [-0.3, -0.25) is 9.59 Å². The summed E-state index contributed by atoms with van der Waals surface area (Å²) in [5, 5.41) is 12.9. The van der Waals surface area contributed by atoms with Crippen LogP contribution in [0.25, 0.3) is 0 Å². The summed E-state index contributed by atoms with van der Waals surface area (Å²) in [6, 6.07) is 1.65. The Kier molecular flexibility index (Phi) is 4.99. The second-order valence-corrected chi connectivity index (χ2v) is 4.09. The Labute approximate surface area is 111 Å². The van der Waals surface area contributed by atoms with E-state index in [1.165, 1.54) is 18.0 Å². The average molecular weight is 263 g/mol. The van der Waals surface area contributed by atoms with Gasteiger partial charge in [-0.1, -0.05) is 0 Å². The van der Waals surface area contributed by atoms with E-state index in [2.05, 4.69) is 15.6 Å². The maximum Gasteiger partial charge on any atom is 0.241 e. The third-order valence-corrected chi connectivity index (χ3v) is 2.36.